The van der Waals surface area contributed by atoms with E-state index >= 15 is 0 Å². The third kappa shape index (κ3) is 3.70. The molecule has 1 aromatic carbocycles. The number of ether oxygens (including phenoxy) is 1. The Balaban J connectivity index is 2.11. The number of anilines is 3. The Morgan fingerprint density at radius 1 is 1.43 bits per heavy atom. The summed E-state index contributed by atoms with van der Waals surface area (Å²) in [4.78, 5) is 19.6. The number of aromatic nitrogens is 1. The molecule has 0 saturated heterocycles. The van der Waals surface area contributed by atoms with Gasteiger partial charge in [0.25, 0.3) is 0 Å². The Bertz CT molecular complexity index is 1150. The number of aliphatic imine (C=N–C) groups is 1. The third-order valence-corrected chi connectivity index (χ3v) is 4.58. The summed E-state index contributed by atoms with van der Waals surface area (Å²) >= 11 is 6.28. The van der Waals surface area contributed by atoms with Crippen LogP contribution in [0.3, 0.4) is 0 Å². The fourth-order valence-electron chi connectivity index (χ4n) is 2.85. The monoisotopic (exact) mass is 426 g/mol. The molecular weight excluding hydrogens is 412 g/mol. The van der Waals surface area contributed by atoms with Crippen LogP contribution >= 0.6 is 11.6 Å². The van der Waals surface area contributed by atoms with Gasteiger partial charge in [-0.15, -0.1) is 0 Å². The number of pyridine rings is 1. The summed E-state index contributed by atoms with van der Waals surface area (Å²) in [6.45, 7) is 1.37. The molecule has 7 N–H and O–H groups in total. The lowest BCUT2D eigenvalue weighted by Gasteiger charge is -2.26. The van der Waals surface area contributed by atoms with Crippen molar-refractivity contribution in [1.29, 1.82) is 10.5 Å². The number of benzene rings is 1. The van der Waals surface area contributed by atoms with Gasteiger partial charge < -0.3 is 26.6 Å². The number of hydrogen-bond acceptors (Lipinski definition) is 10. The molecule has 12 heteroatoms. The van der Waals surface area contributed by atoms with Gasteiger partial charge in [-0.2, -0.15) is 10.5 Å². The Morgan fingerprint density at radius 3 is 2.77 bits per heavy atom. The molecular formula is C18H15ClN8O3. The lowest BCUT2D eigenvalue weighted by molar-refractivity contribution is -0.144. The van der Waals surface area contributed by atoms with E-state index in [0.29, 0.717) is 11.1 Å². The number of carboxylic acid groups (broad SMARTS) is 1. The van der Waals surface area contributed by atoms with Gasteiger partial charge in [0.05, 0.1) is 10.7 Å². The van der Waals surface area contributed by atoms with Crippen LogP contribution in [-0.2, 0) is 4.79 Å². The SMILES string of the molecule is CC(Oc1ccc(C2N=C(NC#N)Nc3nc(N)c(C#N)c(N)c32)cc1Cl)C(=O)O. The van der Waals surface area contributed by atoms with Gasteiger partial charge in [0, 0.05) is 5.56 Å². The molecule has 0 spiro atoms. The van der Waals surface area contributed by atoms with Crippen molar-refractivity contribution in [2.75, 3.05) is 16.8 Å². The highest BCUT2D eigenvalue weighted by molar-refractivity contribution is 6.32. The van der Waals surface area contributed by atoms with Crippen LogP contribution in [-0.4, -0.2) is 28.1 Å². The zero-order valence-electron chi connectivity index (χ0n) is 15.5. The molecule has 0 saturated carbocycles. The van der Waals surface area contributed by atoms with Crippen molar-refractivity contribution in [2.45, 2.75) is 19.1 Å². The number of hydrogen-bond donors (Lipinski definition) is 5. The van der Waals surface area contributed by atoms with Crippen molar-refractivity contribution in [2.24, 2.45) is 4.99 Å². The number of fused-ring (bicyclic) bond motifs is 1. The van der Waals surface area contributed by atoms with Gasteiger partial charge in [0.1, 0.15) is 35.1 Å². The van der Waals surface area contributed by atoms with E-state index in [1.54, 1.807) is 12.3 Å². The van der Waals surface area contributed by atoms with E-state index in [9.17, 15) is 10.1 Å². The van der Waals surface area contributed by atoms with Crippen LogP contribution in [0, 0.1) is 22.8 Å². The minimum absolute atomic E-state index is 0.00813. The number of nitrogens with two attached hydrogens (primary N) is 2. The molecule has 0 bridgehead atoms. The number of nitrogen functional groups attached to an aromatic ring is 2. The molecule has 2 aromatic rings. The molecule has 2 heterocycles. The first-order valence-electron chi connectivity index (χ1n) is 8.44. The molecule has 1 aliphatic heterocycles. The lowest BCUT2D eigenvalue weighted by Crippen LogP contribution is -2.32. The highest BCUT2D eigenvalue weighted by Crippen LogP contribution is 2.42. The predicted molar refractivity (Wildman–Crippen MR) is 109 cm³/mol. The Labute approximate surface area is 175 Å². The normalized spacial score (nSPS) is 15.5. The second kappa shape index (κ2) is 8.03. The number of carbonyl (C=O) groups is 1. The number of nitriles is 2. The fourth-order valence-corrected chi connectivity index (χ4v) is 3.08. The molecule has 0 aliphatic carbocycles. The summed E-state index contributed by atoms with van der Waals surface area (Å²) < 4.78 is 5.32. The van der Waals surface area contributed by atoms with Crippen LogP contribution < -0.4 is 26.8 Å². The van der Waals surface area contributed by atoms with Gasteiger partial charge in [0.15, 0.2) is 12.3 Å². The summed E-state index contributed by atoms with van der Waals surface area (Å²) in [5.74, 6) is -0.702. The van der Waals surface area contributed by atoms with E-state index in [1.807, 2.05) is 6.07 Å². The zero-order chi connectivity index (χ0) is 22.0. The van der Waals surface area contributed by atoms with Crippen molar-refractivity contribution in [3.8, 4) is 18.0 Å². The minimum Gasteiger partial charge on any atom is -0.479 e. The number of aliphatic carboxylic acids is 1. The number of rotatable bonds is 4. The van der Waals surface area contributed by atoms with E-state index in [2.05, 4.69) is 20.6 Å². The summed E-state index contributed by atoms with van der Waals surface area (Å²) in [6.07, 6.45) is 0.658. The lowest BCUT2D eigenvalue weighted by atomic mass is 9.95. The van der Waals surface area contributed by atoms with E-state index < -0.39 is 18.1 Å². The highest BCUT2D eigenvalue weighted by atomic mass is 35.5. The number of guanidine groups is 1. The molecule has 152 valence electrons. The first kappa shape index (κ1) is 20.5. The van der Waals surface area contributed by atoms with Gasteiger partial charge in [-0.25, -0.2) is 14.8 Å². The molecule has 0 fully saturated rings. The summed E-state index contributed by atoms with van der Waals surface area (Å²) in [5.41, 5.74) is 13.0. The van der Waals surface area contributed by atoms with Crippen LogP contribution in [0.4, 0.5) is 17.3 Å². The maximum absolute atomic E-state index is 11.0. The number of nitrogens with zero attached hydrogens (tertiary/aromatic N) is 4. The van der Waals surface area contributed by atoms with Gasteiger partial charge >= 0.3 is 5.97 Å². The van der Waals surface area contributed by atoms with Crippen LogP contribution in [0.25, 0.3) is 0 Å². The van der Waals surface area contributed by atoms with E-state index in [-0.39, 0.29) is 39.6 Å². The minimum atomic E-state index is -1.14. The second-order valence-electron chi connectivity index (χ2n) is 6.19. The van der Waals surface area contributed by atoms with Crippen molar-refractivity contribution in [1.82, 2.24) is 10.3 Å². The first-order chi connectivity index (χ1) is 14.3. The Morgan fingerprint density at radius 2 is 2.17 bits per heavy atom. The zero-order valence-corrected chi connectivity index (χ0v) is 16.2. The third-order valence-electron chi connectivity index (χ3n) is 4.28. The van der Waals surface area contributed by atoms with Crippen LogP contribution in [0.2, 0.25) is 5.02 Å². The number of nitrogens with one attached hydrogen (secondary N) is 2. The molecule has 2 unspecified atom stereocenters. The molecule has 1 aromatic heterocycles. The Kier molecular flexibility index (Phi) is 5.49. The first-order valence-corrected chi connectivity index (χ1v) is 8.82. The summed E-state index contributed by atoms with van der Waals surface area (Å²) in [7, 11) is 0. The Hall–Kier alpha value is -4.22. The standard InChI is InChI=1S/C18H15ClN8O3/c1-7(17(28)29)30-11-3-2-8(4-10(11)19)14-12-13(22)9(5-20)15(23)26-16(12)27-18(25-14)24-6-21/h2-4,7,14H,1H3,(H,28,29)(H6,22,23,24,25,26,27). The van der Waals surface area contributed by atoms with E-state index in [1.165, 1.54) is 19.1 Å². The average molecular weight is 427 g/mol. The van der Waals surface area contributed by atoms with Gasteiger partial charge in [0.2, 0.25) is 5.96 Å². The van der Waals surface area contributed by atoms with Crippen LogP contribution in [0.1, 0.15) is 29.7 Å². The topological polar surface area (TPSA) is 195 Å². The average Bonchev–Trinajstić information content (AvgIpc) is 2.69. The number of halogens is 1. The summed E-state index contributed by atoms with van der Waals surface area (Å²) in [6, 6.07) is 5.78. The number of carboxylic acids is 1. The van der Waals surface area contributed by atoms with Crippen molar-refractivity contribution in [3.63, 3.8) is 0 Å². The maximum Gasteiger partial charge on any atom is 0.344 e. The molecule has 3 rings (SSSR count). The molecule has 30 heavy (non-hydrogen) atoms. The molecule has 0 amide bonds. The van der Waals surface area contributed by atoms with Gasteiger partial charge in [-0.1, -0.05) is 17.7 Å². The van der Waals surface area contributed by atoms with Crippen LogP contribution in [0.5, 0.6) is 5.75 Å². The van der Waals surface area contributed by atoms with Gasteiger partial charge in [-0.05, 0) is 24.6 Å². The molecule has 0 radical (unpaired) electrons. The second-order valence-corrected chi connectivity index (χ2v) is 6.60. The molecule has 1 aliphatic rings. The smallest absolute Gasteiger partial charge is 0.344 e. The quantitative estimate of drug-likeness (QED) is 0.353. The fraction of sp³-hybridized carbons (Fsp3) is 0.167. The maximum atomic E-state index is 11.0. The summed E-state index contributed by atoms with van der Waals surface area (Å²) in [5, 5.41) is 32.6. The van der Waals surface area contributed by atoms with E-state index in [0.717, 1.165) is 0 Å². The van der Waals surface area contributed by atoms with Crippen LogP contribution in [0.15, 0.2) is 23.2 Å². The van der Waals surface area contributed by atoms with Crippen molar-refractivity contribution < 1.29 is 14.6 Å². The largest absolute Gasteiger partial charge is 0.479 e. The predicted octanol–water partition coefficient (Wildman–Crippen LogP) is 1.56. The molecule has 11 nitrogen and oxygen atoms in total. The van der Waals surface area contributed by atoms with Gasteiger partial charge in [-0.3, -0.25) is 5.32 Å². The van der Waals surface area contributed by atoms with E-state index in [4.69, 9.17) is 38.2 Å². The van der Waals surface area contributed by atoms with Crippen molar-refractivity contribution in [3.05, 3.63) is 39.9 Å². The van der Waals surface area contributed by atoms with Crippen molar-refractivity contribution >= 4 is 40.9 Å². The molecule has 2 atom stereocenters. The highest BCUT2D eigenvalue weighted by Gasteiger charge is 2.30.